The maximum absolute atomic E-state index is 14.4. The van der Waals surface area contributed by atoms with Crippen molar-refractivity contribution in [1.82, 2.24) is 0 Å². The van der Waals surface area contributed by atoms with Crippen molar-refractivity contribution in [3.8, 4) is 0 Å². The van der Waals surface area contributed by atoms with Gasteiger partial charge in [-0.05, 0) is 42.4 Å². The van der Waals surface area contributed by atoms with E-state index in [9.17, 15) is 4.39 Å². The SMILES string of the molecule is CC1C(C2CCCCC2)CC(F)CC1C1CCCCC1. The van der Waals surface area contributed by atoms with E-state index < -0.39 is 6.17 Å². The lowest BCUT2D eigenvalue weighted by Crippen LogP contribution is -2.40. The van der Waals surface area contributed by atoms with E-state index in [1.165, 1.54) is 64.2 Å². The third kappa shape index (κ3) is 3.22. The molecule has 0 saturated heterocycles. The van der Waals surface area contributed by atoms with Gasteiger partial charge in [0.2, 0.25) is 0 Å². The van der Waals surface area contributed by atoms with Crippen LogP contribution in [-0.4, -0.2) is 6.17 Å². The summed E-state index contributed by atoms with van der Waals surface area (Å²) in [6.07, 6.45) is 15.3. The zero-order valence-corrected chi connectivity index (χ0v) is 13.3. The van der Waals surface area contributed by atoms with E-state index in [-0.39, 0.29) is 0 Å². The Kier molecular flexibility index (Phi) is 5.04. The van der Waals surface area contributed by atoms with Crippen LogP contribution in [0.3, 0.4) is 0 Å². The van der Waals surface area contributed by atoms with Gasteiger partial charge in [-0.1, -0.05) is 71.1 Å². The van der Waals surface area contributed by atoms with Gasteiger partial charge in [0.1, 0.15) is 6.17 Å². The first-order valence-electron chi connectivity index (χ1n) is 9.39. The van der Waals surface area contributed by atoms with Crippen LogP contribution in [0.5, 0.6) is 0 Å². The molecule has 0 spiro atoms. The zero-order chi connectivity index (χ0) is 13.9. The van der Waals surface area contributed by atoms with E-state index in [0.717, 1.165) is 30.6 Å². The van der Waals surface area contributed by atoms with Gasteiger partial charge in [0, 0.05) is 0 Å². The molecule has 0 aliphatic heterocycles. The van der Waals surface area contributed by atoms with Crippen molar-refractivity contribution < 1.29 is 4.39 Å². The average Bonchev–Trinajstić information content (AvgIpc) is 2.51. The number of hydrogen-bond donors (Lipinski definition) is 0. The quantitative estimate of drug-likeness (QED) is 0.569. The lowest BCUT2D eigenvalue weighted by molar-refractivity contribution is 0.00702. The number of halogens is 1. The molecule has 3 rings (SSSR count). The van der Waals surface area contributed by atoms with E-state index in [1.54, 1.807) is 0 Å². The first kappa shape index (κ1) is 14.9. The Hall–Kier alpha value is -0.0700. The number of hydrogen-bond acceptors (Lipinski definition) is 0. The molecule has 20 heavy (non-hydrogen) atoms. The van der Waals surface area contributed by atoms with Gasteiger partial charge in [-0.25, -0.2) is 4.39 Å². The van der Waals surface area contributed by atoms with Gasteiger partial charge in [0.15, 0.2) is 0 Å². The molecule has 0 heterocycles. The summed E-state index contributed by atoms with van der Waals surface area (Å²) in [6.45, 7) is 2.48. The highest BCUT2D eigenvalue weighted by atomic mass is 19.1. The molecule has 3 aliphatic carbocycles. The predicted octanol–water partition coefficient (Wildman–Crippen LogP) is 6.15. The number of alkyl halides is 1. The summed E-state index contributed by atoms with van der Waals surface area (Å²) in [5.41, 5.74) is 0. The Balaban J connectivity index is 1.67. The second kappa shape index (κ2) is 6.79. The highest BCUT2D eigenvalue weighted by molar-refractivity contribution is 4.91. The van der Waals surface area contributed by atoms with Crippen LogP contribution in [0.2, 0.25) is 0 Å². The highest BCUT2D eigenvalue weighted by Gasteiger charge is 2.42. The van der Waals surface area contributed by atoms with Gasteiger partial charge in [-0.2, -0.15) is 0 Å². The van der Waals surface area contributed by atoms with Crippen molar-refractivity contribution in [2.24, 2.45) is 29.6 Å². The molecule has 0 aromatic heterocycles. The molecule has 0 aromatic rings. The van der Waals surface area contributed by atoms with Gasteiger partial charge in [0.25, 0.3) is 0 Å². The molecule has 2 atom stereocenters. The smallest absolute Gasteiger partial charge is 0.101 e. The summed E-state index contributed by atoms with van der Waals surface area (Å²) in [4.78, 5) is 0. The van der Waals surface area contributed by atoms with Crippen molar-refractivity contribution >= 4 is 0 Å². The van der Waals surface area contributed by atoms with Gasteiger partial charge in [-0.3, -0.25) is 0 Å². The minimum atomic E-state index is -0.495. The van der Waals surface area contributed by atoms with Crippen molar-refractivity contribution in [2.45, 2.75) is 90.1 Å². The summed E-state index contributed by atoms with van der Waals surface area (Å²) in [5.74, 6) is 3.89. The molecule has 0 amide bonds. The Labute approximate surface area is 124 Å². The van der Waals surface area contributed by atoms with Crippen molar-refractivity contribution in [3.63, 3.8) is 0 Å². The summed E-state index contributed by atoms with van der Waals surface area (Å²) < 4.78 is 14.4. The molecule has 2 unspecified atom stereocenters. The molecule has 1 heteroatoms. The second-order valence-electron chi connectivity index (χ2n) is 8.05. The Morgan fingerprint density at radius 2 is 1.05 bits per heavy atom. The number of rotatable bonds is 2. The molecule has 3 fully saturated rings. The zero-order valence-electron chi connectivity index (χ0n) is 13.3. The van der Waals surface area contributed by atoms with E-state index in [1.807, 2.05) is 0 Å². The van der Waals surface area contributed by atoms with Gasteiger partial charge < -0.3 is 0 Å². The van der Waals surface area contributed by atoms with Crippen LogP contribution in [0.1, 0.15) is 84.0 Å². The van der Waals surface area contributed by atoms with Crippen LogP contribution in [-0.2, 0) is 0 Å². The first-order chi connectivity index (χ1) is 9.75. The van der Waals surface area contributed by atoms with Crippen LogP contribution in [0.25, 0.3) is 0 Å². The largest absolute Gasteiger partial charge is 0.247 e. The third-order valence-corrected chi connectivity index (χ3v) is 6.92. The van der Waals surface area contributed by atoms with E-state index >= 15 is 0 Å². The van der Waals surface area contributed by atoms with E-state index in [2.05, 4.69) is 6.92 Å². The molecule has 0 aromatic carbocycles. The Morgan fingerprint density at radius 3 is 1.45 bits per heavy atom. The fourth-order valence-corrected chi connectivity index (χ4v) is 5.80. The van der Waals surface area contributed by atoms with Gasteiger partial charge in [-0.15, -0.1) is 0 Å². The normalized spacial score (nSPS) is 41.7. The molecule has 116 valence electrons. The molecule has 0 radical (unpaired) electrons. The monoisotopic (exact) mass is 280 g/mol. The van der Waals surface area contributed by atoms with Crippen LogP contribution in [0, 0.1) is 29.6 Å². The minimum Gasteiger partial charge on any atom is -0.247 e. The molecule has 0 bridgehead atoms. The van der Waals surface area contributed by atoms with E-state index in [0.29, 0.717) is 11.8 Å². The Bertz CT molecular complexity index is 260. The minimum absolute atomic E-state index is 0.495. The lowest BCUT2D eigenvalue weighted by Gasteiger charge is -2.46. The van der Waals surface area contributed by atoms with Crippen molar-refractivity contribution in [1.29, 1.82) is 0 Å². The molecular formula is C19H33F. The van der Waals surface area contributed by atoms with Crippen LogP contribution >= 0.6 is 0 Å². The first-order valence-corrected chi connectivity index (χ1v) is 9.39. The molecule has 0 nitrogen and oxygen atoms in total. The summed E-state index contributed by atoms with van der Waals surface area (Å²) in [5, 5.41) is 0. The summed E-state index contributed by atoms with van der Waals surface area (Å²) >= 11 is 0. The molecule has 3 saturated carbocycles. The summed E-state index contributed by atoms with van der Waals surface area (Å²) in [6, 6.07) is 0. The van der Waals surface area contributed by atoms with Gasteiger partial charge in [0.05, 0.1) is 0 Å². The highest BCUT2D eigenvalue weighted by Crippen LogP contribution is 2.49. The topological polar surface area (TPSA) is 0 Å². The van der Waals surface area contributed by atoms with Crippen LogP contribution in [0.15, 0.2) is 0 Å². The molecule has 0 N–H and O–H groups in total. The fourth-order valence-electron chi connectivity index (χ4n) is 5.80. The van der Waals surface area contributed by atoms with Gasteiger partial charge >= 0.3 is 0 Å². The standard InChI is InChI=1S/C19H33F/c1-14-18(15-8-4-2-5-9-15)12-17(20)13-19(14)16-10-6-3-7-11-16/h14-19H,2-13H2,1H3. The molecular weight excluding hydrogens is 247 g/mol. The predicted molar refractivity (Wildman–Crippen MR) is 83.4 cm³/mol. The Morgan fingerprint density at radius 1 is 0.650 bits per heavy atom. The second-order valence-corrected chi connectivity index (χ2v) is 8.05. The maximum Gasteiger partial charge on any atom is 0.101 e. The van der Waals surface area contributed by atoms with Crippen LogP contribution < -0.4 is 0 Å². The average molecular weight is 280 g/mol. The van der Waals surface area contributed by atoms with Crippen molar-refractivity contribution in [3.05, 3.63) is 0 Å². The molecule has 3 aliphatic rings. The van der Waals surface area contributed by atoms with E-state index in [4.69, 9.17) is 0 Å². The third-order valence-electron chi connectivity index (χ3n) is 6.92. The summed E-state index contributed by atoms with van der Waals surface area (Å²) in [7, 11) is 0. The fraction of sp³-hybridized carbons (Fsp3) is 1.00. The maximum atomic E-state index is 14.4. The lowest BCUT2D eigenvalue weighted by atomic mass is 9.60. The van der Waals surface area contributed by atoms with Crippen molar-refractivity contribution in [2.75, 3.05) is 0 Å². The van der Waals surface area contributed by atoms with Crippen LogP contribution in [0.4, 0.5) is 4.39 Å².